The molecule has 7 heteroatoms. The van der Waals surface area contributed by atoms with Crippen LogP contribution < -0.4 is 4.74 Å². The van der Waals surface area contributed by atoms with Crippen LogP contribution in [0.3, 0.4) is 0 Å². The second-order valence-corrected chi connectivity index (χ2v) is 8.69. The lowest BCUT2D eigenvalue weighted by molar-refractivity contribution is 0.258. The monoisotopic (exact) mass is 395 g/mol. The van der Waals surface area contributed by atoms with Crippen LogP contribution in [0.4, 0.5) is 0 Å². The molecule has 0 bridgehead atoms. The summed E-state index contributed by atoms with van der Waals surface area (Å²) in [5, 5.41) is 0. The van der Waals surface area contributed by atoms with Crippen molar-refractivity contribution in [2.24, 2.45) is 0 Å². The van der Waals surface area contributed by atoms with Gasteiger partial charge >= 0.3 is 0 Å². The molecule has 118 valence electrons. The lowest BCUT2D eigenvalue weighted by Crippen LogP contribution is -2.22. The minimum atomic E-state index is -3.82. The Morgan fingerprint density at radius 2 is 2.00 bits per heavy atom. The summed E-state index contributed by atoms with van der Waals surface area (Å²) in [5.41, 5.74) is 0.754. The van der Waals surface area contributed by atoms with Crippen molar-refractivity contribution in [3.05, 3.63) is 22.2 Å². The molecule has 1 heterocycles. The molecule has 1 saturated heterocycles. The Morgan fingerprint density at radius 3 is 2.62 bits per heavy atom. The van der Waals surface area contributed by atoms with Gasteiger partial charge in [0.25, 0.3) is 9.05 Å². The van der Waals surface area contributed by atoms with Crippen molar-refractivity contribution in [3.63, 3.8) is 0 Å². The molecule has 1 aliphatic rings. The van der Waals surface area contributed by atoms with E-state index in [9.17, 15) is 8.42 Å². The van der Waals surface area contributed by atoms with Gasteiger partial charge in [0.1, 0.15) is 10.6 Å². The summed E-state index contributed by atoms with van der Waals surface area (Å²) < 4.78 is 29.7. The highest BCUT2D eigenvalue weighted by Gasteiger charge is 2.20. The zero-order valence-corrected chi connectivity index (χ0v) is 15.1. The van der Waals surface area contributed by atoms with E-state index < -0.39 is 9.05 Å². The van der Waals surface area contributed by atoms with Crippen molar-refractivity contribution in [1.82, 2.24) is 4.90 Å². The summed E-state index contributed by atoms with van der Waals surface area (Å²) in [7, 11) is 1.66. The smallest absolute Gasteiger partial charge is 0.265 e. The quantitative estimate of drug-likeness (QED) is 0.545. The summed E-state index contributed by atoms with van der Waals surface area (Å²) in [6.45, 7) is 5.58. The minimum Gasteiger partial charge on any atom is -0.492 e. The van der Waals surface area contributed by atoms with E-state index in [2.05, 4.69) is 20.8 Å². The number of rotatable bonds is 6. The van der Waals surface area contributed by atoms with Gasteiger partial charge < -0.3 is 9.64 Å². The first kappa shape index (κ1) is 17.1. The Balaban J connectivity index is 2.01. The maximum atomic E-state index is 11.7. The normalized spacial score (nSPS) is 16.3. The molecular weight excluding hydrogens is 378 g/mol. The van der Waals surface area contributed by atoms with Crippen molar-refractivity contribution >= 4 is 35.7 Å². The maximum absolute atomic E-state index is 11.7. The van der Waals surface area contributed by atoms with Crippen LogP contribution in [-0.4, -0.2) is 39.6 Å². The third-order valence-corrected chi connectivity index (χ3v) is 5.32. The summed E-state index contributed by atoms with van der Waals surface area (Å²) in [5.74, 6) is 0.356. The summed E-state index contributed by atoms with van der Waals surface area (Å²) in [4.78, 5) is 2.43. The first-order chi connectivity index (χ1) is 9.88. The van der Waals surface area contributed by atoms with E-state index in [1.807, 2.05) is 13.0 Å². The summed E-state index contributed by atoms with van der Waals surface area (Å²) in [6, 6.07) is 3.30. The Hall–Kier alpha value is -0.300. The van der Waals surface area contributed by atoms with Crippen LogP contribution in [0.15, 0.2) is 21.5 Å². The van der Waals surface area contributed by atoms with Crippen molar-refractivity contribution in [2.75, 3.05) is 26.2 Å². The highest BCUT2D eigenvalue weighted by atomic mass is 79.9. The lowest BCUT2D eigenvalue weighted by Gasteiger charge is -2.16. The summed E-state index contributed by atoms with van der Waals surface area (Å²) in [6.07, 6.45) is 3.40. The van der Waals surface area contributed by atoms with Gasteiger partial charge in [0.15, 0.2) is 0 Å². The Bertz CT molecular complexity index is 600. The molecule has 0 unspecified atom stereocenters. The van der Waals surface area contributed by atoms with Crippen molar-refractivity contribution < 1.29 is 13.2 Å². The number of aryl methyl sites for hydroxylation is 1. The van der Waals surface area contributed by atoms with Crippen LogP contribution in [0.1, 0.15) is 24.8 Å². The molecule has 1 fully saturated rings. The van der Waals surface area contributed by atoms with Gasteiger partial charge in [-0.1, -0.05) is 15.9 Å². The predicted octanol–water partition coefficient (Wildman–Crippen LogP) is 3.55. The zero-order valence-electron chi connectivity index (χ0n) is 11.9. The van der Waals surface area contributed by atoms with Crippen LogP contribution in [0, 0.1) is 6.92 Å². The van der Waals surface area contributed by atoms with E-state index in [0.29, 0.717) is 16.8 Å². The molecule has 0 amide bonds. The number of ether oxygens (including phenoxy) is 1. The Labute approximate surface area is 139 Å². The molecule has 21 heavy (non-hydrogen) atoms. The third-order valence-electron chi connectivity index (χ3n) is 3.53. The average Bonchev–Trinajstić information content (AvgIpc) is 2.87. The Morgan fingerprint density at radius 1 is 1.33 bits per heavy atom. The second-order valence-electron chi connectivity index (χ2n) is 5.24. The standard InChI is InChI=1S/C14H19BrClNO3S/c1-11-9-12(15)10-13(21(16,18)19)14(11)20-8-4-7-17-5-2-3-6-17/h9-10H,2-8H2,1H3. The molecule has 0 N–H and O–H groups in total. The molecule has 4 nitrogen and oxygen atoms in total. The highest BCUT2D eigenvalue weighted by Crippen LogP contribution is 2.33. The minimum absolute atomic E-state index is 0.0252. The van der Waals surface area contributed by atoms with Gasteiger partial charge in [-0.2, -0.15) is 0 Å². The van der Waals surface area contributed by atoms with Crippen LogP contribution in [0.25, 0.3) is 0 Å². The summed E-state index contributed by atoms with van der Waals surface area (Å²) >= 11 is 3.28. The second kappa shape index (κ2) is 7.31. The van der Waals surface area contributed by atoms with Crippen molar-refractivity contribution in [2.45, 2.75) is 31.1 Å². The van der Waals surface area contributed by atoms with E-state index in [0.717, 1.165) is 31.6 Å². The van der Waals surface area contributed by atoms with Crippen LogP contribution in [0.2, 0.25) is 0 Å². The van der Waals surface area contributed by atoms with E-state index in [-0.39, 0.29) is 4.90 Å². The molecule has 0 aliphatic carbocycles. The number of hydrogen-bond acceptors (Lipinski definition) is 4. The van der Waals surface area contributed by atoms with Gasteiger partial charge in [0, 0.05) is 21.7 Å². The first-order valence-electron chi connectivity index (χ1n) is 6.98. The van der Waals surface area contributed by atoms with Gasteiger partial charge in [-0.05, 0) is 57.0 Å². The van der Waals surface area contributed by atoms with Gasteiger partial charge in [-0.25, -0.2) is 8.42 Å². The average molecular weight is 397 g/mol. The number of halogens is 2. The van der Waals surface area contributed by atoms with E-state index in [1.54, 1.807) is 0 Å². The first-order valence-corrected chi connectivity index (χ1v) is 10.1. The SMILES string of the molecule is Cc1cc(Br)cc(S(=O)(=O)Cl)c1OCCCN1CCCC1. The molecule has 0 saturated carbocycles. The fourth-order valence-corrected chi connectivity index (χ4v) is 4.31. The fraction of sp³-hybridized carbons (Fsp3) is 0.571. The molecule has 0 aromatic heterocycles. The molecule has 0 spiro atoms. The molecule has 1 aromatic rings. The molecule has 1 aromatic carbocycles. The van der Waals surface area contributed by atoms with E-state index >= 15 is 0 Å². The Kier molecular flexibility index (Phi) is 5.94. The predicted molar refractivity (Wildman–Crippen MR) is 87.7 cm³/mol. The van der Waals surface area contributed by atoms with Crippen LogP contribution in [0.5, 0.6) is 5.75 Å². The maximum Gasteiger partial charge on any atom is 0.265 e. The van der Waals surface area contributed by atoms with Crippen LogP contribution in [-0.2, 0) is 9.05 Å². The zero-order chi connectivity index (χ0) is 15.5. The van der Waals surface area contributed by atoms with Crippen molar-refractivity contribution in [3.8, 4) is 5.75 Å². The number of nitrogens with zero attached hydrogens (tertiary/aromatic N) is 1. The number of benzene rings is 1. The van der Waals surface area contributed by atoms with Gasteiger partial charge in [0.2, 0.25) is 0 Å². The van der Waals surface area contributed by atoms with Gasteiger partial charge in [-0.3, -0.25) is 0 Å². The van der Waals surface area contributed by atoms with Crippen LogP contribution >= 0.6 is 26.6 Å². The van der Waals surface area contributed by atoms with Crippen molar-refractivity contribution in [1.29, 1.82) is 0 Å². The van der Waals surface area contributed by atoms with Gasteiger partial charge in [0.05, 0.1) is 6.61 Å². The van der Waals surface area contributed by atoms with E-state index in [4.69, 9.17) is 15.4 Å². The molecular formula is C14H19BrClNO3S. The lowest BCUT2D eigenvalue weighted by atomic mass is 10.2. The number of likely N-dealkylation sites (tertiary alicyclic amines) is 1. The molecule has 1 aliphatic heterocycles. The topological polar surface area (TPSA) is 46.6 Å². The van der Waals surface area contributed by atoms with E-state index in [1.165, 1.54) is 18.9 Å². The fourth-order valence-electron chi connectivity index (χ4n) is 2.53. The highest BCUT2D eigenvalue weighted by molar-refractivity contribution is 9.10. The molecule has 2 rings (SSSR count). The number of hydrogen-bond donors (Lipinski definition) is 0. The third kappa shape index (κ3) is 4.84. The molecule has 0 radical (unpaired) electrons. The molecule has 0 atom stereocenters. The largest absolute Gasteiger partial charge is 0.492 e. The van der Waals surface area contributed by atoms with Gasteiger partial charge in [-0.15, -0.1) is 0 Å².